The van der Waals surface area contributed by atoms with E-state index in [4.69, 9.17) is 9.47 Å². The van der Waals surface area contributed by atoms with Crippen LogP contribution in [0.2, 0.25) is 0 Å². The molecule has 94 valence electrons. The number of ether oxygens (including phenoxy) is 2. The van der Waals surface area contributed by atoms with E-state index in [0.29, 0.717) is 17.4 Å². The van der Waals surface area contributed by atoms with Crippen LogP contribution in [0.4, 0.5) is 0 Å². The molecule has 2 rings (SSSR count). The largest absolute Gasteiger partial charge is 0.383 e. The van der Waals surface area contributed by atoms with Gasteiger partial charge in [-0.2, -0.15) is 0 Å². The lowest BCUT2D eigenvalue weighted by Crippen LogP contribution is -2.61. The first-order valence-corrected chi connectivity index (χ1v) is 6.36. The molecule has 1 spiro atoms. The quantitative estimate of drug-likeness (QED) is 0.780. The van der Waals surface area contributed by atoms with Gasteiger partial charge in [-0.1, -0.05) is 20.8 Å². The van der Waals surface area contributed by atoms with Crippen LogP contribution in [0, 0.1) is 11.3 Å². The maximum Gasteiger partial charge on any atom is 0.0888 e. The van der Waals surface area contributed by atoms with Crippen LogP contribution in [0.1, 0.15) is 33.6 Å². The van der Waals surface area contributed by atoms with Crippen molar-refractivity contribution in [2.24, 2.45) is 11.3 Å². The first-order valence-electron chi connectivity index (χ1n) is 6.36. The van der Waals surface area contributed by atoms with E-state index in [9.17, 15) is 0 Å². The molecule has 16 heavy (non-hydrogen) atoms. The molecule has 1 aliphatic heterocycles. The molecule has 0 aromatic heterocycles. The third kappa shape index (κ3) is 2.01. The Morgan fingerprint density at radius 1 is 1.44 bits per heavy atom. The summed E-state index contributed by atoms with van der Waals surface area (Å²) in [7, 11) is 1.77. The van der Waals surface area contributed by atoms with Crippen molar-refractivity contribution in [3.63, 3.8) is 0 Å². The fourth-order valence-electron chi connectivity index (χ4n) is 3.77. The monoisotopic (exact) mass is 227 g/mol. The Hall–Kier alpha value is -0.120. The highest BCUT2D eigenvalue weighted by Gasteiger charge is 2.54. The van der Waals surface area contributed by atoms with E-state index in [2.05, 4.69) is 26.1 Å². The van der Waals surface area contributed by atoms with Crippen molar-refractivity contribution < 1.29 is 9.47 Å². The second kappa shape index (κ2) is 4.28. The summed E-state index contributed by atoms with van der Waals surface area (Å²) in [5.74, 6) is 0.607. The second-order valence-corrected chi connectivity index (χ2v) is 6.21. The Bertz CT molecular complexity index is 252. The summed E-state index contributed by atoms with van der Waals surface area (Å²) in [5, 5.41) is 3.57. The summed E-state index contributed by atoms with van der Waals surface area (Å²) in [6.45, 7) is 9.55. The molecule has 0 aromatic rings. The summed E-state index contributed by atoms with van der Waals surface area (Å²) < 4.78 is 11.5. The Morgan fingerprint density at radius 2 is 2.19 bits per heavy atom. The van der Waals surface area contributed by atoms with Gasteiger partial charge in [-0.15, -0.1) is 0 Å². The van der Waals surface area contributed by atoms with Gasteiger partial charge in [-0.3, -0.25) is 0 Å². The summed E-state index contributed by atoms with van der Waals surface area (Å²) in [5.41, 5.74) is 0.391. The lowest BCUT2D eigenvalue weighted by Gasteiger charge is -2.45. The molecule has 3 nitrogen and oxygen atoms in total. The summed E-state index contributed by atoms with van der Waals surface area (Å²) in [6, 6.07) is 0.350. The molecule has 1 saturated heterocycles. The van der Waals surface area contributed by atoms with Gasteiger partial charge in [-0.05, 0) is 24.2 Å². The van der Waals surface area contributed by atoms with E-state index in [0.717, 1.165) is 26.2 Å². The number of hydrogen-bond acceptors (Lipinski definition) is 3. The predicted molar refractivity (Wildman–Crippen MR) is 64.5 cm³/mol. The predicted octanol–water partition coefficient (Wildman–Crippen LogP) is 1.82. The normalized spacial score (nSPS) is 42.8. The maximum absolute atomic E-state index is 6.20. The molecule has 2 fully saturated rings. The number of rotatable bonds is 2. The van der Waals surface area contributed by atoms with E-state index in [1.165, 1.54) is 6.42 Å². The molecular weight excluding hydrogens is 202 g/mol. The van der Waals surface area contributed by atoms with Crippen molar-refractivity contribution >= 4 is 0 Å². The molecule has 0 bridgehead atoms. The van der Waals surface area contributed by atoms with Crippen LogP contribution >= 0.6 is 0 Å². The molecular formula is C13H25NO2. The van der Waals surface area contributed by atoms with Crippen molar-refractivity contribution in [2.75, 3.05) is 26.9 Å². The highest BCUT2D eigenvalue weighted by atomic mass is 16.5. The zero-order chi connectivity index (χ0) is 11.8. The minimum atomic E-state index is -0.00222. The molecule has 2 aliphatic rings. The number of hydrogen-bond donors (Lipinski definition) is 1. The van der Waals surface area contributed by atoms with Crippen molar-refractivity contribution in [3.8, 4) is 0 Å². The van der Waals surface area contributed by atoms with Gasteiger partial charge in [-0.25, -0.2) is 0 Å². The molecule has 0 aromatic carbocycles. The highest BCUT2D eigenvalue weighted by molar-refractivity contribution is 5.07. The SMILES string of the molecule is COCC1NCCOC12CC(C)(C)CC2C. The molecule has 3 heteroatoms. The van der Waals surface area contributed by atoms with Gasteiger partial charge in [0.2, 0.25) is 0 Å². The summed E-state index contributed by atoms with van der Waals surface area (Å²) >= 11 is 0. The molecule has 1 aliphatic carbocycles. The van der Waals surface area contributed by atoms with E-state index in [1.54, 1.807) is 7.11 Å². The maximum atomic E-state index is 6.20. The lowest BCUT2D eigenvalue weighted by molar-refractivity contribution is -0.131. The van der Waals surface area contributed by atoms with Gasteiger partial charge in [0, 0.05) is 13.7 Å². The minimum absolute atomic E-state index is 0.00222. The topological polar surface area (TPSA) is 30.5 Å². The van der Waals surface area contributed by atoms with Crippen molar-refractivity contribution in [3.05, 3.63) is 0 Å². The minimum Gasteiger partial charge on any atom is -0.383 e. The molecule has 3 atom stereocenters. The first kappa shape index (κ1) is 12.3. The van der Waals surface area contributed by atoms with Gasteiger partial charge in [0.1, 0.15) is 0 Å². The van der Waals surface area contributed by atoms with Crippen LogP contribution in [0.3, 0.4) is 0 Å². The fourth-order valence-corrected chi connectivity index (χ4v) is 3.77. The zero-order valence-electron chi connectivity index (χ0n) is 11.0. The van der Waals surface area contributed by atoms with E-state index in [-0.39, 0.29) is 5.60 Å². The zero-order valence-corrected chi connectivity index (χ0v) is 11.0. The van der Waals surface area contributed by atoms with E-state index in [1.807, 2.05) is 0 Å². The second-order valence-electron chi connectivity index (χ2n) is 6.21. The van der Waals surface area contributed by atoms with Crippen LogP contribution in [-0.2, 0) is 9.47 Å². The highest BCUT2D eigenvalue weighted by Crippen LogP contribution is 2.51. The van der Waals surface area contributed by atoms with Crippen LogP contribution in [0.5, 0.6) is 0 Å². The van der Waals surface area contributed by atoms with Crippen LogP contribution in [0.15, 0.2) is 0 Å². The first-order chi connectivity index (χ1) is 7.50. The molecule has 1 saturated carbocycles. The standard InChI is InChI=1S/C13H25NO2/c1-10-7-12(2,3)9-13(10)11(8-15-4)14-5-6-16-13/h10-11,14H,5-9H2,1-4H3. The van der Waals surface area contributed by atoms with Crippen molar-refractivity contribution in [1.82, 2.24) is 5.32 Å². The van der Waals surface area contributed by atoms with Gasteiger partial charge in [0.25, 0.3) is 0 Å². The van der Waals surface area contributed by atoms with Crippen LogP contribution in [-0.4, -0.2) is 38.5 Å². The smallest absolute Gasteiger partial charge is 0.0888 e. The molecule has 1 heterocycles. The van der Waals surface area contributed by atoms with Gasteiger partial charge in [0.05, 0.1) is 24.9 Å². The van der Waals surface area contributed by atoms with Crippen LogP contribution in [0.25, 0.3) is 0 Å². The van der Waals surface area contributed by atoms with E-state index < -0.39 is 0 Å². The van der Waals surface area contributed by atoms with Crippen molar-refractivity contribution in [1.29, 1.82) is 0 Å². The van der Waals surface area contributed by atoms with Gasteiger partial charge < -0.3 is 14.8 Å². The van der Waals surface area contributed by atoms with Crippen LogP contribution < -0.4 is 5.32 Å². The molecule has 1 N–H and O–H groups in total. The van der Waals surface area contributed by atoms with E-state index >= 15 is 0 Å². The number of nitrogens with one attached hydrogen (secondary N) is 1. The Kier molecular flexibility index (Phi) is 3.30. The molecule has 0 radical (unpaired) electrons. The average molecular weight is 227 g/mol. The lowest BCUT2D eigenvalue weighted by atomic mass is 9.82. The number of methoxy groups -OCH3 is 1. The third-order valence-corrected chi connectivity index (χ3v) is 4.23. The Morgan fingerprint density at radius 3 is 2.75 bits per heavy atom. The molecule has 0 amide bonds. The summed E-state index contributed by atoms with van der Waals surface area (Å²) in [6.07, 6.45) is 2.39. The Labute approximate surface area is 98.9 Å². The number of morpholine rings is 1. The Balaban J connectivity index is 2.19. The average Bonchev–Trinajstić information content (AvgIpc) is 2.41. The summed E-state index contributed by atoms with van der Waals surface area (Å²) in [4.78, 5) is 0. The fraction of sp³-hybridized carbons (Fsp3) is 1.00. The molecule has 3 unspecified atom stereocenters. The van der Waals surface area contributed by atoms with Gasteiger partial charge >= 0.3 is 0 Å². The van der Waals surface area contributed by atoms with Gasteiger partial charge in [0.15, 0.2) is 0 Å². The van der Waals surface area contributed by atoms with Crippen molar-refractivity contribution in [2.45, 2.75) is 45.3 Å². The third-order valence-electron chi connectivity index (χ3n) is 4.23.